The molecule has 10 rings (SSSR count). The first-order valence-corrected chi connectivity index (χ1v) is 17.4. The highest BCUT2D eigenvalue weighted by Crippen LogP contribution is 2.46. The minimum Gasteiger partial charge on any atom is -0.455 e. The molecule has 0 fully saturated rings. The molecule has 244 valence electrons. The highest BCUT2D eigenvalue weighted by atomic mass is 16.3. The number of benzene rings is 8. The summed E-state index contributed by atoms with van der Waals surface area (Å²) in [6.07, 6.45) is 0. The molecule has 52 heavy (non-hydrogen) atoms. The molecular formula is C47H30N4O. The average molecular weight is 667 g/mol. The summed E-state index contributed by atoms with van der Waals surface area (Å²) in [4.78, 5) is 17.4. The van der Waals surface area contributed by atoms with Gasteiger partial charge in [-0.05, 0) is 64.0 Å². The molecule has 5 nitrogen and oxygen atoms in total. The van der Waals surface area contributed by atoms with E-state index in [0.717, 1.165) is 55.7 Å². The minimum absolute atomic E-state index is 0.547. The Hall–Kier alpha value is -7.11. The molecule has 0 aliphatic heterocycles. The van der Waals surface area contributed by atoms with Crippen LogP contribution in [0.3, 0.4) is 0 Å². The molecule has 0 amide bonds. The molecule has 0 atom stereocenters. The summed E-state index contributed by atoms with van der Waals surface area (Å²) >= 11 is 0. The second kappa shape index (κ2) is 12.3. The number of nitrogens with zero attached hydrogens (tertiary/aromatic N) is 4. The number of rotatable bonds is 6. The Labute approximate surface area is 300 Å². The van der Waals surface area contributed by atoms with Crippen molar-refractivity contribution in [2.75, 3.05) is 4.90 Å². The fourth-order valence-corrected chi connectivity index (χ4v) is 7.16. The summed E-state index contributed by atoms with van der Waals surface area (Å²) in [6.45, 7) is 0. The molecule has 0 N–H and O–H groups in total. The van der Waals surface area contributed by atoms with Gasteiger partial charge in [-0.1, -0.05) is 140 Å². The zero-order chi connectivity index (χ0) is 34.4. The van der Waals surface area contributed by atoms with E-state index >= 15 is 0 Å². The molecule has 0 saturated heterocycles. The molecule has 0 spiro atoms. The Balaban J connectivity index is 1.25. The van der Waals surface area contributed by atoms with E-state index in [2.05, 4.69) is 114 Å². The SMILES string of the molecule is c1ccc(-c2nc(-c3ccccc3)nc(-c3ccc(N(c4ccc5ccccc5c4)c4ccc5ccccc5c4)c4c3oc3ccccc34)n2)cc1. The average Bonchev–Trinajstić information content (AvgIpc) is 3.61. The van der Waals surface area contributed by atoms with Gasteiger partial charge in [0.1, 0.15) is 11.2 Å². The van der Waals surface area contributed by atoms with E-state index in [1.807, 2.05) is 72.8 Å². The van der Waals surface area contributed by atoms with Crippen LogP contribution in [0.2, 0.25) is 0 Å². The number of hydrogen-bond acceptors (Lipinski definition) is 5. The standard InChI is InChI=1S/C47H30N4O/c1-3-15-33(16-4-1)45-48-46(34-17-5-2-6-18-34)50-47(49-45)40-27-28-41(43-39-21-11-12-22-42(39)52-44(40)43)51(37-25-23-31-13-7-9-19-35(31)29-37)38-26-24-32-14-8-10-20-36(32)30-38/h1-30H. The largest absolute Gasteiger partial charge is 0.455 e. The van der Waals surface area contributed by atoms with Crippen molar-refractivity contribution >= 4 is 60.5 Å². The Kier molecular flexibility index (Phi) is 7.07. The summed E-state index contributed by atoms with van der Waals surface area (Å²) in [7, 11) is 0. The lowest BCUT2D eigenvalue weighted by Crippen LogP contribution is -2.10. The topological polar surface area (TPSA) is 55.1 Å². The number of fused-ring (bicyclic) bond motifs is 5. The molecule has 0 bridgehead atoms. The van der Waals surface area contributed by atoms with Crippen molar-refractivity contribution in [2.45, 2.75) is 0 Å². The van der Waals surface area contributed by atoms with Crippen LogP contribution < -0.4 is 4.90 Å². The van der Waals surface area contributed by atoms with Crippen LogP contribution in [-0.4, -0.2) is 15.0 Å². The van der Waals surface area contributed by atoms with Gasteiger partial charge in [-0.25, -0.2) is 15.0 Å². The first-order chi connectivity index (χ1) is 25.8. The summed E-state index contributed by atoms with van der Waals surface area (Å²) in [5, 5.41) is 6.72. The Morgan fingerprint density at radius 1 is 0.404 bits per heavy atom. The first kappa shape index (κ1) is 29.8. The minimum atomic E-state index is 0.547. The predicted molar refractivity (Wildman–Crippen MR) is 213 cm³/mol. The van der Waals surface area contributed by atoms with Crippen LogP contribution in [0.5, 0.6) is 0 Å². The van der Waals surface area contributed by atoms with Gasteiger partial charge in [0.15, 0.2) is 17.5 Å². The first-order valence-electron chi connectivity index (χ1n) is 17.4. The van der Waals surface area contributed by atoms with E-state index in [9.17, 15) is 0 Å². The van der Waals surface area contributed by atoms with Crippen molar-refractivity contribution in [3.63, 3.8) is 0 Å². The quantitative estimate of drug-likeness (QED) is 0.177. The van der Waals surface area contributed by atoms with E-state index in [1.54, 1.807) is 0 Å². The molecule has 10 aromatic rings. The zero-order valence-electron chi connectivity index (χ0n) is 28.0. The van der Waals surface area contributed by atoms with Gasteiger partial charge in [-0.3, -0.25) is 0 Å². The van der Waals surface area contributed by atoms with E-state index in [4.69, 9.17) is 19.4 Å². The maximum Gasteiger partial charge on any atom is 0.167 e. The normalized spacial score (nSPS) is 11.5. The smallest absolute Gasteiger partial charge is 0.167 e. The van der Waals surface area contributed by atoms with Gasteiger partial charge in [-0.2, -0.15) is 0 Å². The Morgan fingerprint density at radius 2 is 0.904 bits per heavy atom. The number of hydrogen-bond donors (Lipinski definition) is 0. The second-order valence-electron chi connectivity index (χ2n) is 12.9. The fraction of sp³-hybridized carbons (Fsp3) is 0. The van der Waals surface area contributed by atoms with Gasteiger partial charge in [0.25, 0.3) is 0 Å². The van der Waals surface area contributed by atoms with E-state index in [0.29, 0.717) is 17.5 Å². The third-order valence-electron chi connectivity index (χ3n) is 9.67. The Bertz CT molecular complexity index is 2780. The van der Waals surface area contributed by atoms with E-state index in [-0.39, 0.29) is 0 Å². The van der Waals surface area contributed by atoms with Crippen molar-refractivity contribution in [3.05, 3.63) is 182 Å². The lowest BCUT2D eigenvalue weighted by molar-refractivity contribution is 0.669. The lowest BCUT2D eigenvalue weighted by Gasteiger charge is -2.27. The summed E-state index contributed by atoms with van der Waals surface area (Å²) in [6, 6.07) is 62.9. The van der Waals surface area contributed by atoms with Crippen LogP contribution in [0.15, 0.2) is 186 Å². The van der Waals surface area contributed by atoms with Crippen molar-refractivity contribution in [2.24, 2.45) is 0 Å². The molecular weight excluding hydrogens is 637 g/mol. The van der Waals surface area contributed by atoms with Gasteiger partial charge >= 0.3 is 0 Å². The monoisotopic (exact) mass is 666 g/mol. The Morgan fingerprint density at radius 3 is 1.50 bits per heavy atom. The molecule has 8 aromatic carbocycles. The van der Waals surface area contributed by atoms with Crippen LogP contribution in [0, 0.1) is 0 Å². The van der Waals surface area contributed by atoms with Crippen LogP contribution >= 0.6 is 0 Å². The van der Waals surface area contributed by atoms with Crippen molar-refractivity contribution < 1.29 is 4.42 Å². The second-order valence-corrected chi connectivity index (χ2v) is 12.9. The third kappa shape index (κ3) is 5.15. The summed E-state index contributed by atoms with van der Waals surface area (Å²) < 4.78 is 6.81. The molecule has 0 radical (unpaired) electrons. The van der Waals surface area contributed by atoms with Gasteiger partial charge in [0.2, 0.25) is 0 Å². The molecule has 2 aromatic heterocycles. The fourth-order valence-electron chi connectivity index (χ4n) is 7.16. The molecule has 0 aliphatic carbocycles. The highest BCUT2D eigenvalue weighted by Gasteiger charge is 2.24. The molecule has 0 aliphatic rings. The summed E-state index contributed by atoms with van der Waals surface area (Å²) in [5.74, 6) is 1.75. The number of aromatic nitrogens is 3. The summed E-state index contributed by atoms with van der Waals surface area (Å²) in [5.41, 5.74) is 7.23. The van der Waals surface area contributed by atoms with Gasteiger partial charge in [-0.15, -0.1) is 0 Å². The van der Waals surface area contributed by atoms with E-state index in [1.165, 1.54) is 21.5 Å². The van der Waals surface area contributed by atoms with Crippen molar-refractivity contribution in [1.29, 1.82) is 0 Å². The number of furan rings is 1. The predicted octanol–water partition coefficient (Wildman–Crippen LogP) is 12.5. The number of anilines is 3. The molecule has 5 heteroatoms. The molecule has 0 saturated carbocycles. The molecule has 0 unspecified atom stereocenters. The maximum absolute atomic E-state index is 6.81. The van der Waals surface area contributed by atoms with Crippen LogP contribution in [0.25, 0.3) is 77.6 Å². The highest BCUT2D eigenvalue weighted by molar-refractivity contribution is 6.17. The van der Waals surface area contributed by atoms with E-state index < -0.39 is 0 Å². The van der Waals surface area contributed by atoms with Crippen molar-refractivity contribution in [1.82, 2.24) is 15.0 Å². The van der Waals surface area contributed by atoms with Crippen LogP contribution in [0.1, 0.15) is 0 Å². The lowest BCUT2D eigenvalue weighted by atomic mass is 10.0. The van der Waals surface area contributed by atoms with Crippen LogP contribution in [0.4, 0.5) is 17.1 Å². The van der Waals surface area contributed by atoms with Gasteiger partial charge in [0.05, 0.1) is 16.6 Å². The molecule has 2 heterocycles. The zero-order valence-corrected chi connectivity index (χ0v) is 28.0. The third-order valence-corrected chi connectivity index (χ3v) is 9.67. The van der Waals surface area contributed by atoms with Crippen LogP contribution in [-0.2, 0) is 0 Å². The maximum atomic E-state index is 6.81. The van der Waals surface area contributed by atoms with Gasteiger partial charge < -0.3 is 9.32 Å². The van der Waals surface area contributed by atoms with Crippen molar-refractivity contribution in [3.8, 4) is 34.2 Å². The number of para-hydroxylation sites is 1. The van der Waals surface area contributed by atoms with Gasteiger partial charge in [0, 0.05) is 27.9 Å².